The van der Waals surface area contributed by atoms with Crippen LogP contribution in [0, 0.1) is 15.9 Å². The number of esters is 2. The highest BCUT2D eigenvalue weighted by molar-refractivity contribution is 6.48. The lowest BCUT2D eigenvalue weighted by molar-refractivity contribution is -0.519. The number of hydrogen-bond acceptors (Lipinski definition) is 7. The molecule has 1 radical (unpaired) electrons. The van der Waals surface area contributed by atoms with E-state index >= 15 is 4.39 Å². The maximum Gasteiger partial charge on any atom is 0.388 e. The summed E-state index contributed by atoms with van der Waals surface area (Å²) in [6, 6.07) is 8.98. The first-order valence-corrected chi connectivity index (χ1v) is 13.0. The van der Waals surface area contributed by atoms with E-state index < -0.39 is 44.7 Å². The standard InChI is InChI=1S/C23H26FN2O7Si/c1-23(2,3)18-8-6-7-15(17(18)13-31-34(4)5)16-11-14(9-10-19(16)24)25(26(29)30)22-32-20(27)12-21(28)33-22/h6-11,22H,12-13H2,1-5H3. The highest BCUT2D eigenvalue weighted by atomic mass is 28.3. The van der Waals surface area contributed by atoms with E-state index in [0.29, 0.717) is 10.6 Å². The van der Waals surface area contributed by atoms with E-state index in [1.807, 2.05) is 39.9 Å². The normalized spacial score (nSPS) is 14.7. The third-order valence-corrected chi connectivity index (χ3v) is 5.84. The Hall–Kier alpha value is -3.31. The van der Waals surface area contributed by atoms with Gasteiger partial charge in [-0.3, -0.25) is 9.59 Å². The number of nitrogens with zero attached hydrogens (tertiary/aromatic N) is 2. The van der Waals surface area contributed by atoms with Gasteiger partial charge >= 0.3 is 18.4 Å². The summed E-state index contributed by atoms with van der Waals surface area (Å²) >= 11 is 0. The van der Waals surface area contributed by atoms with E-state index in [1.165, 1.54) is 6.07 Å². The molecule has 0 N–H and O–H groups in total. The molecule has 11 heteroatoms. The SMILES string of the molecule is C[Si](C)OCc1c(-c2cc(N(C3OC(=O)CC(=O)O3)[N+](=O)[O-])ccc2F)cccc1C(C)(C)C. The summed E-state index contributed by atoms with van der Waals surface area (Å²) < 4.78 is 30.8. The van der Waals surface area contributed by atoms with Crippen LogP contribution in [0.25, 0.3) is 11.1 Å². The number of halogens is 1. The summed E-state index contributed by atoms with van der Waals surface area (Å²) in [5.41, 5.74) is 1.96. The monoisotopic (exact) mass is 489 g/mol. The third-order valence-electron chi connectivity index (χ3n) is 5.12. The maximum absolute atomic E-state index is 15.1. The number of benzene rings is 2. The van der Waals surface area contributed by atoms with E-state index in [4.69, 9.17) is 13.9 Å². The molecule has 0 spiro atoms. The molecule has 0 aromatic heterocycles. The molecule has 0 aliphatic carbocycles. The zero-order valence-corrected chi connectivity index (χ0v) is 20.6. The van der Waals surface area contributed by atoms with Gasteiger partial charge in [-0.05, 0) is 58.4 Å². The number of ether oxygens (including phenoxy) is 2. The van der Waals surface area contributed by atoms with Crippen molar-refractivity contribution in [2.45, 2.75) is 58.7 Å². The third kappa shape index (κ3) is 5.60. The van der Waals surface area contributed by atoms with Gasteiger partial charge in [0.2, 0.25) is 9.04 Å². The molecule has 1 heterocycles. The zero-order valence-electron chi connectivity index (χ0n) is 19.6. The molecule has 0 unspecified atom stereocenters. The summed E-state index contributed by atoms with van der Waals surface area (Å²) in [7, 11) is -1.05. The van der Waals surface area contributed by atoms with Crippen LogP contribution in [0.2, 0.25) is 13.1 Å². The molecule has 1 fully saturated rings. The Morgan fingerprint density at radius 2 is 1.79 bits per heavy atom. The second-order valence-electron chi connectivity index (χ2n) is 8.99. The van der Waals surface area contributed by atoms with Gasteiger partial charge < -0.3 is 13.9 Å². The van der Waals surface area contributed by atoms with Crippen molar-refractivity contribution in [3.63, 3.8) is 0 Å². The van der Waals surface area contributed by atoms with Gasteiger partial charge in [-0.25, -0.2) is 14.5 Å². The number of hydrogen-bond donors (Lipinski definition) is 0. The predicted octanol–water partition coefficient (Wildman–Crippen LogP) is 4.33. The van der Waals surface area contributed by atoms with Gasteiger partial charge in [-0.2, -0.15) is 0 Å². The van der Waals surface area contributed by atoms with E-state index in [-0.39, 0.29) is 23.3 Å². The van der Waals surface area contributed by atoms with Crippen molar-refractivity contribution in [3.05, 3.63) is 63.5 Å². The van der Waals surface area contributed by atoms with Crippen LogP contribution in [-0.4, -0.2) is 32.4 Å². The summed E-state index contributed by atoms with van der Waals surface area (Å²) in [5, 5.41) is 11.3. The molecule has 0 atom stereocenters. The topological polar surface area (TPSA) is 108 Å². The Bertz CT molecular complexity index is 1100. The maximum atomic E-state index is 15.1. The fourth-order valence-electron chi connectivity index (χ4n) is 3.62. The molecular weight excluding hydrogens is 463 g/mol. The molecule has 9 nitrogen and oxygen atoms in total. The number of cyclic esters (lactones) is 2. The summed E-state index contributed by atoms with van der Waals surface area (Å²) in [5.74, 6) is -2.51. The van der Waals surface area contributed by atoms with E-state index in [9.17, 15) is 19.7 Å². The molecule has 0 amide bonds. The quantitative estimate of drug-likeness (QED) is 0.186. The van der Waals surface area contributed by atoms with Gasteiger partial charge in [0.1, 0.15) is 17.9 Å². The second kappa shape index (κ2) is 9.90. The highest BCUT2D eigenvalue weighted by Crippen LogP contribution is 2.37. The average molecular weight is 490 g/mol. The Balaban J connectivity index is 2.14. The van der Waals surface area contributed by atoms with Crippen LogP contribution in [0.4, 0.5) is 10.1 Å². The lowest BCUT2D eigenvalue weighted by Crippen LogP contribution is -2.48. The minimum Gasteiger partial charge on any atom is -0.413 e. The summed E-state index contributed by atoms with van der Waals surface area (Å²) in [6.45, 7) is 10.3. The van der Waals surface area contributed by atoms with Crippen LogP contribution < -0.4 is 5.01 Å². The predicted molar refractivity (Wildman–Crippen MR) is 123 cm³/mol. The minimum atomic E-state index is -1.91. The van der Waals surface area contributed by atoms with Crippen molar-refractivity contribution in [3.8, 4) is 11.1 Å². The lowest BCUT2D eigenvalue weighted by Gasteiger charge is -2.27. The van der Waals surface area contributed by atoms with Crippen molar-refractivity contribution in [2.75, 3.05) is 5.01 Å². The van der Waals surface area contributed by atoms with Gasteiger partial charge in [0, 0.05) is 5.56 Å². The van der Waals surface area contributed by atoms with Gasteiger partial charge in [-0.1, -0.05) is 39.0 Å². The summed E-state index contributed by atoms with van der Waals surface area (Å²) in [4.78, 5) is 35.1. The lowest BCUT2D eigenvalue weighted by atomic mass is 9.81. The van der Waals surface area contributed by atoms with Crippen LogP contribution in [0.3, 0.4) is 0 Å². The number of rotatable bonds is 7. The fourth-order valence-corrected chi connectivity index (χ4v) is 4.05. The smallest absolute Gasteiger partial charge is 0.388 e. The Morgan fingerprint density at radius 1 is 1.15 bits per heavy atom. The molecule has 0 saturated carbocycles. The van der Waals surface area contributed by atoms with Crippen molar-refractivity contribution >= 4 is 26.7 Å². The molecule has 181 valence electrons. The molecular formula is C23H26FN2O7Si. The molecule has 1 aliphatic rings. The van der Waals surface area contributed by atoms with Gasteiger partial charge in [0.25, 0.3) is 0 Å². The van der Waals surface area contributed by atoms with Crippen molar-refractivity contribution in [1.29, 1.82) is 0 Å². The Kier molecular flexibility index (Phi) is 7.37. The zero-order chi connectivity index (χ0) is 25.2. The van der Waals surface area contributed by atoms with Crippen molar-refractivity contribution in [1.82, 2.24) is 0 Å². The number of carbonyl (C=O) groups excluding carboxylic acids is 2. The summed E-state index contributed by atoms with van der Waals surface area (Å²) in [6.07, 6.45) is -2.55. The molecule has 1 aliphatic heterocycles. The van der Waals surface area contributed by atoms with E-state index in [2.05, 4.69) is 0 Å². The Labute approximate surface area is 198 Å². The van der Waals surface area contributed by atoms with Crippen molar-refractivity contribution < 1.29 is 32.9 Å². The van der Waals surface area contributed by atoms with Gasteiger partial charge in [0.05, 0.1) is 6.61 Å². The first kappa shape index (κ1) is 25.3. The van der Waals surface area contributed by atoms with Crippen LogP contribution in [0.15, 0.2) is 36.4 Å². The second-order valence-corrected chi connectivity index (χ2v) is 11.1. The molecule has 2 aromatic rings. The average Bonchev–Trinajstić information content (AvgIpc) is 2.71. The molecule has 3 rings (SSSR count). The van der Waals surface area contributed by atoms with Crippen LogP contribution in [0.1, 0.15) is 38.3 Å². The van der Waals surface area contributed by atoms with Crippen LogP contribution in [0.5, 0.6) is 0 Å². The minimum absolute atomic E-state index is 0.100. The highest BCUT2D eigenvalue weighted by Gasteiger charge is 2.40. The van der Waals surface area contributed by atoms with Gasteiger partial charge in [-0.15, -0.1) is 0 Å². The van der Waals surface area contributed by atoms with Crippen LogP contribution in [-0.2, 0) is 35.5 Å². The molecule has 2 aromatic carbocycles. The van der Waals surface area contributed by atoms with Crippen LogP contribution >= 0.6 is 0 Å². The molecule has 1 saturated heterocycles. The van der Waals surface area contributed by atoms with E-state index in [1.54, 1.807) is 12.1 Å². The first-order chi connectivity index (χ1) is 15.9. The number of hydrazine groups is 1. The fraction of sp³-hybridized carbons (Fsp3) is 0.391. The number of carbonyl (C=O) groups is 2. The number of nitro groups is 1. The molecule has 34 heavy (non-hydrogen) atoms. The van der Waals surface area contributed by atoms with Crippen molar-refractivity contribution in [2.24, 2.45) is 0 Å². The van der Waals surface area contributed by atoms with Gasteiger partial charge in [0.15, 0.2) is 5.03 Å². The van der Waals surface area contributed by atoms with E-state index in [0.717, 1.165) is 23.3 Å². The largest absolute Gasteiger partial charge is 0.413 e. The first-order valence-electron chi connectivity index (χ1n) is 10.6. The Morgan fingerprint density at radius 3 is 2.35 bits per heavy atom. The number of anilines is 1. The molecule has 0 bridgehead atoms.